The van der Waals surface area contributed by atoms with E-state index in [0.717, 1.165) is 12.5 Å². The zero-order valence-corrected chi connectivity index (χ0v) is 12.0. The van der Waals surface area contributed by atoms with Crippen molar-refractivity contribution in [1.29, 1.82) is 0 Å². The predicted molar refractivity (Wildman–Crippen MR) is 76.7 cm³/mol. The number of nitrogens with zero attached hydrogens (tertiary/aromatic N) is 2. The number of nitrogens with two attached hydrogens (primary N) is 1. The highest BCUT2D eigenvalue weighted by Gasteiger charge is 2.16. The van der Waals surface area contributed by atoms with Crippen molar-refractivity contribution < 1.29 is 0 Å². The van der Waals surface area contributed by atoms with Gasteiger partial charge in [-0.2, -0.15) is 0 Å². The van der Waals surface area contributed by atoms with E-state index in [1.807, 2.05) is 6.20 Å². The third-order valence-electron chi connectivity index (χ3n) is 3.47. The van der Waals surface area contributed by atoms with Crippen molar-refractivity contribution in [3.8, 4) is 0 Å². The molecule has 1 aromatic rings. The summed E-state index contributed by atoms with van der Waals surface area (Å²) < 4.78 is 0. The Balaban J connectivity index is 0.00000144. The number of likely N-dealkylation sites (tertiary alicyclic amines) is 1. The van der Waals surface area contributed by atoms with Crippen molar-refractivity contribution in [2.75, 3.05) is 18.8 Å². The Hall–Kier alpha value is -0.320. The normalized spacial score (nSPS) is 21.8. The molecular formula is C12H22ClN3S. The number of hydrogen-bond acceptors (Lipinski definition) is 4. The van der Waals surface area contributed by atoms with Gasteiger partial charge in [-0.3, -0.25) is 4.90 Å². The number of thiazole rings is 1. The summed E-state index contributed by atoms with van der Waals surface area (Å²) >= 11 is 1.62. The molecule has 5 heteroatoms. The Labute approximate surface area is 114 Å². The summed E-state index contributed by atoms with van der Waals surface area (Å²) in [7, 11) is 0. The molecule has 1 fully saturated rings. The number of aromatic nitrogens is 1. The van der Waals surface area contributed by atoms with Gasteiger partial charge in [0, 0.05) is 17.6 Å². The molecule has 1 saturated heterocycles. The van der Waals surface area contributed by atoms with Gasteiger partial charge in [-0.1, -0.05) is 13.3 Å². The van der Waals surface area contributed by atoms with E-state index >= 15 is 0 Å². The van der Waals surface area contributed by atoms with Gasteiger partial charge in [-0.25, -0.2) is 4.98 Å². The van der Waals surface area contributed by atoms with E-state index in [4.69, 9.17) is 5.73 Å². The molecule has 17 heavy (non-hydrogen) atoms. The lowest BCUT2D eigenvalue weighted by molar-refractivity contribution is 0.274. The van der Waals surface area contributed by atoms with Gasteiger partial charge in [-0.15, -0.1) is 23.7 Å². The van der Waals surface area contributed by atoms with Crippen LogP contribution in [0.15, 0.2) is 6.20 Å². The van der Waals surface area contributed by atoms with E-state index in [-0.39, 0.29) is 12.4 Å². The SMILES string of the molecule is CCC1CCCN(Cc2cnc(N)s2)CC1.Cl. The summed E-state index contributed by atoms with van der Waals surface area (Å²) in [6.07, 6.45) is 7.35. The van der Waals surface area contributed by atoms with Crippen LogP contribution in [0.1, 0.15) is 37.5 Å². The summed E-state index contributed by atoms with van der Waals surface area (Å²) in [6.45, 7) is 5.81. The number of rotatable bonds is 3. The molecule has 3 nitrogen and oxygen atoms in total. The Morgan fingerprint density at radius 1 is 1.47 bits per heavy atom. The van der Waals surface area contributed by atoms with Crippen LogP contribution in [0.3, 0.4) is 0 Å². The summed E-state index contributed by atoms with van der Waals surface area (Å²) in [6, 6.07) is 0. The van der Waals surface area contributed by atoms with Crippen LogP contribution in [0, 0.1) is 5.92 Å². The highest BCUT2D eigenvalue weighted by molar-refractivity contribution is 7.15. The van der Waals surface area contributed by atoms with Crippen LogP contribution in [-0.2, 0) is 6.54 Å². The fourth-order valence-electron chi connectivity index (χ4n) is 2.41. The Morgan fingerprint density at radius 3 is 2.94 bits per heavy atom. The van der Waals surface area contributed by atoms with Crippen LogP contribution >= 0.6 is 23.7 Å². The summed E-state index contributed by atoms with van der Waals surface area (Å²) in [5, 5.41) is 0.691. The second-order valence-corrected chi connectivity index (χ2v) is 5.79. The molecule has 1 atom stereocenters. The van der Waals surface area contributed by atoms with Gasteiger partial charge in [0.15, 0.2) is 5.13 Å². The lowest BCUT2D eigenvalue weighted by atomic mass is 9.98. The number of halogens is 1. The molecular weight excluding hydrogens is 254 g/mol. The average Bonchev–Trinajstić information content (AvgIpc) is 2.55. The van der Waals surface area contributed by atoms with Crippen LogP contribution < -0.4 is 5.73 Å². The summed E-state index contributed by atoms with van der Waals surface area (Å²) in [5.41, 5.74) is 5.65. The monoisotopic (exact) mass is 275 g/mol. The van der Waals surface area contributed by atoms with Crippen molar-refractivity contribution in [3.63, 3.8) is 0 Å². The van der Waals surface area contributed by atoms with E-state index in [9.17, 15) is 0 Å². The zero-order chi connectivity index (χ0) is 11.4. The third-order valence-corrected chi connectivity index (χ3v) is 4.28. The molecule has 1 aliphatic rings. The Morgan fingerprint density at radius 2 is 2.29 bits per heavy atom. The first kappa shape index (κ1) is 14.7. The standard InChI is InChI=1S/C12H21N3S.ClH/c1-2-10-4-3-6-15(7-5-10)9-11-8-14-12(13)16-11;/h8,10H,2-7,9H2,1H3,(H2,13,14);1H. The second-order valence-electron chi connectivity index (χ2n) is 4.65. The van der Waals surface area contributed by atoms with Crippen LogP contribution in [0.5, 0.6) is 0 Å². The maximum atomic E-state index is 5.65. The Kier molecular flexibility index (Phi) is 6.23. The van der Waals surface area contributed by atoms with Gasteiger partial charge in [0.2, 0.25) is 0 Å². The van der Waals surface area contributed by atoms with Gasteiger partial charge in [-0.05, 0) is 38.3 Å². The van der Waals surface area contributed by atoms with Crippen LogP contribution in [0.2, 0.25) is 0 Å². The topological polar surface area (TPSA) is 42.2 Å². The van der Waals surface area contributed by atoms with Crippen molar-refractivity contribution in [2.45, 2.75) is 39.2 Å². The fourth-order valence-corrected chi connectivity index (χ4v) is 3.13. The van der Waals surface area contributed by atoms with E-state index in [2.05, 4.69) is 16.8 Å². The number of hydrogen-bond donors (Lipinski definition) is 1. The molecule has 0 radical (unpaired) electrons. The zero-order valence-electron chi connectivity index (χ0n) is 10.4. The van der Waals surface area contributed by atoms with Gasteiger partial charge in [0.05, 0.1) is 0 Å². The molecule has 0 bridgehead atoms. The minimum Gasteiger partial charge on any atom is -0.375 e. The minimum absolute atomic E-state index is 0. The maximum absolute atomic E-state index is 5.65. The van der Waals surface area contributed by atoms with Crippen LogP contribution in [-0.4, -0.2) is 23.0 Å². The van der Waals surface area contributed by atoms with Gasteiger partial charge >= 0.3 is 0 Å². The number of anilines is 1. The minimum atomic E-state index is 0. The first-order valence-electron chi connectivity index (χ1n) is 6.20. The van der Waals surface area contributed by atoms with Gasteiger partial charge < -0.3 is 5.73 Å². The highest BCUT2D eigenvalue weighted by Crippen LogP contribution is 2.23. The Bertz CT molecular complexity index is 329. The first-order valence-corrected chi connectivity index (χ1v) is 7.02. The fraction of sp³-hybridized carbons (Fsp3) is 0.750. The molecule has 2 heterocycles. The quantitative estimate of drug-likeness (QED) is 0.921. The highest BCUT2D eigenvalue weighted by atomic mass is 35.5. The summed E-state index contributed by atoms with van der Waals surface area (Å²) in [4.78, 5) is 7.95. The van der Waals surface area contributed by atoms with E-state index in [1.165, 1.54) is 43.6 Å². The molecule has 0 spiro atoms. The molecule has 2 rings (SSSR count). The van der Waals surface area contributed by atoms with Gasteiger partial charge in [0.25, 0.3) is 0 Å². The molecule has 0 saturated carbocycles. The molecule has 0 aliphatic carbocycles. The lowest BCUT2D eigenvalue weighted by Crippen LogP contribution is -2.23. The smallest absolute Gasteiger partial charge is 0.180 e. The van der Waals surface area contributed by atoms with Crippen molar-refractivity contribution in [3.05, 3.63) is 11.1 Å². The van der Waals surface area contributed by atoms with E-state index in [0.29, 0.717) is 5.13 Å². The first-order chi connectivity index (χ1) is 7.78. The van der Waals surface area contributed by atoms with Crippen molar-refractivity contribution in [1.82, 2.24) is 9.88 Å². The van der Waals surface area contributed by atoms with Gasteiger partial charge in [0.1, 0.15) is 0 Å². The number of nitrogen functional groups attached to an aromatic ring is 1. The molecule has 1 aromatic heterocycles. The molecule has 98 valence electrons. The molecule has 1 unspecified atom stereocenters. The maximum Gasteiger partial charge on any atom is 0.180 e. The molecule has 1 aliphatic heterocycles. The molecule has 0 amide bonds. The van der Waals surface area contributed by atoms with Crippen molar-refractivity contribution in [2.24, 2.45) is 5.92 Å². The average molecular weight is 276 g/mol. The van der Waals surface area contributed by atoms with E-state index in [1.54, 1.807) is 11.3 Å². The largest absolute Gasteiger partial charge is 0.375 e. The second kappa shape index (κ2) is 7.19. The van der Waals surface area contributed by atoms with E-state index < -0.39 is 0 Å². The third kappa shape index (κ3) is 4.45. The predicted octanol–water partition coefficient (Wildman–Crippen LogP) is 3.16. The van der Waals surface area contributed by atoms with Crippen LogP contribution in [0.4, 0.5) is 5.13 Å². The van der Waals surface area contributed by atoms with Crippen molar-refractivity contribution >= 4 is 28.9 Å². The van der Waals surface area contributed by atoms with Crippen LogP contribution in [0.25, 0.3) is 0 Å². The molecule has 2 N–H and O–H groups in total. The summed E-state index contributed by atoms with van der Waals surface area (Å²) in [5.74, 6) is 0.941. The molecule has 0 aromatic carbocycles. The lowest BCUT2D eigenvalue weighted by Gasteiger charge is -2.18.